The van der Waals surface area contributed by atoms with E-state index in [9.17, 15) is 19.6 Å². The molecule has 176 valence electrons. The van der Waals surface area contributed by atoms with E-state index in [4.69, 9.17) is 4.74 Å². The minimum absolute atomic E-state index is 0.0284. The van der Waals surface area contributed by atoms with Crippen molar-refractivity contribution in [2.75, 3.05) is 18.1 Å². The van der Waals surface area contributed by atoms with E-state index in [1.54, 1.807) is 17.0 Å². The molecule has 0 spiro atoms. The molecule has 2 aliphatic rings. The van der Waals surface area contributed by atoms with Crippen molar-refractivity contribution in [2.45, 2.75) is 38.6 Å². The second-order valence-electron chi connectivity index (χ2n) is 9.09. The number of nitrogens with zero attached hydrogens (tertiary/aromatic N) is 3. The molecule has 2 heterocycles. The second kappa shape index (κ2) is 9.22. The zero-order valence-electron chi connectivity index (χ0n) is 19.5. The van der Waals surface area contributed by atoms with Crippen LogP contribution < -0.4 is 15.2 Å². The van der Waals surface area contributed by atoms with E-state index in [1.807, 2.05) is 43.3 Å². The second-order valence-corrected chi connectivity index (χ2v) is 9.09. The van der Waals surface area contributed by atoms with Gasteiger partial charge in [0.2, 0.25) is 0 Å². The summed E-state index contributed by atoms with van der Waals surface area (Å²) >= 11 is 0. The van der Waals surface area contributed by atoms with Gasteiger partial charge in [0.1, 0.15) is 17.4 Å². The number of carbonyl (C=O) groups excluding carboxylic acids is 2. The first-order chi connectivity index (χ1) is 17.0. The van der Waals surface area contributed by atoms with Crippen LogP contribution >= 0.6 is 0 Å². The Hall–Kier alpha value is -4.18. The van der Waals surface area contributed by atoms with Crippen LogP contribution in [0.1, 0.15) is 57.9 Å². The van der Waals surface area contributed by atoms with Crippen LogP contribution in [0.15, 0.2) is 59.5 Å². The summed E-state index contributed by atoms with van der Waals surface area (Å²) in [7, 11) is 0. The number of fused-ring (bicyclic) bond motifs is 1. The molecule has 1 aliphatic carbocycles. The summed E-state index contributed by atoms with van der Waals surface area (Å²) in [4.78, 5) is 40.8. The molecule has 1 fully saturated rings. The van der Waals surface area contributed by atoms with Crippen molar-refractivity contribution in [3.8, 4) is 11.8 Å². The normalized spacial score (nSPS) is 14.7. The Kier molecular flexibility index (Phi) is 5.96. The molecular weight excluding hydrogens is 442 g/mol. The highest BCUT2D eigenvalue weighted by Crippen LogP contribution is 2.34. The van der Waals surface area contributed by atoms with Gasteiger partial charge < -0.3 is 14.2 Å². The number of ketones is 1. The first-order valence-electron chi connectivity index (χ1n) is 11.8. The average Bonchev–Trinajstić information content (AvgIpc) is 3.72. The summed E-state index contributed by atoms with van der Waals surface area (Å²) in [6, 6.07) is 16.3. The van der Waals surface area contributed by atoms with Gasteiger partial charge in [-0.1, -0.05) is 29.8 Å². The topological polar surface area (TPSA) is 92.4 Å². The molecule has 0 N–H and O–H groups in total. The van der Waals surface area contributed by atoms with Crippen LogP contribution in [0.4, 0.5) is 5.69 Å². The van der Waals surface area contributed by atoms with Crippen LogP contribution in [0.2, 0.25) is 0 Å². The lowest BCUT2D eigenvalue weighted by molar-refractivity contribution is -0.120. The monoisotopic (exact) mass is 467 g/mol. The number of para-hydroxylation sites is 1. The number of carbonyl (C=O) groups is 2. The number of benzene rings is 2. The van der Waals surface area contributed by atoms with Crippen LogP contribution in [0, 0.1) is 18.3 Å². The predicted octanol–water partition coefficient (Wildman–Crippen LogP) is 3.95. The summed E-state index contributed by atoms with van der Waals surface area (Å²) in [5.74, 6) is -0.238. The fourth-order valence-corrected chi connectivity index (χ4v) is 4.54. The van der Waals surface area contributed by atoms with Gasteiger partial charge in [-0.3, -0.25) is 14.4 Å². The highest BCUT2D eigenvalue weighted by atomic mass is 16.5. The number of aromatic nitrogens is 1. The van der Waals surface area contributed by atoms with Gasteiger partial charge in [0, 0.05) is 30.0 Å². The van der Waals surface area contributed by atoms with E-state index < -0.39 is 0 Å². The number of pyridine rings is 1. The molecule has 5 rings (SSSR count). The Balaban J connectivity index is 1.41. The molecule has 1 aromatic heterocycles. The van der Waals surface area contributed by atoms with Crippen molar-refractivity contribution < 1.29 is 14.3 Å². The summed E-state index contributed by atoms with van der Waals surface area (Å²) in [5, 5.41) is 9.42. The lowest BCUT2D eigenvalue weighted by atomic mass is 10.0. The van der Waals surface area contributed by atoms with Crippen LogP contribution in [0.5, 0.6) is 5.75 Å². The number of hydrogen-bond acceptors (Lipinski definition) is 5. The maximum absolute atomic E-state index is 13.5. The number of anilines is 1. The molecule has 0 atom stereocenters. The van der Waals surface area contributed by atoms with Crippen molar-refractivity contribution in [3.05, 3.63) is 92.9 Å². The average molecular weight is 468 g/mol. The summed E-state index contributed by atoms with van der Waals surface area (Å²) < 4.78 is 7.38. The van der Waals surface area contributed by atoms with Crippen LogP contribution in [0.25, 0.3) is 0 Å². The molecule has 1 amide bonds. The van der Waals surface area contributed by atoms with Crippen molar-refractivity contribution >= 4 is 17.4 Å². The molecule has 7 nitrogen and oxygen atoms in total. The largest absolute Gasteiger partial charge is 0.483 e. The first kappa shape index (κ1) is 22.6. The zero-order chi connectivity index (χ0) is 24.5. The predicted molar refractivity (Wildman–Crippen MR) is 131 cm³/mol. The lowest BCUT2D eigenvalue weighted by Gasteiger charge is -2.29. The SMILES string of the molecule is Cc1ccc(OCC(=O)N2CCCc3ccccc32)c(C(=O)c2cc(C#N)c(=O)n(C3CC3)c2)c1. The third kappa shape index (κ3) is 4.47. The highest BCUT2D eigenvalue weighted by Gasteiger charge is 2.28. The van der Waals surface area contributed by atoms with Gasteiger partial charge in [-0.05, 0) is 62.4 Å². The lowest BCUT2D eigenvalue weighted by Crippen LogP contribution is -2.38. The number of aryl methyl sites for hydroxylation is 2. The summed E-state index contributed by atoms with van der Waals surface area (Å²) in [6.07, 6.45) is 5.05. The molecule has 1 aliphatic heterocycles. The quantitative estimate of drug-likeness (QED) is 0.512. The van der Waals surface area contributed by atoms with Gasteiger partial charge in [-0.25, -0.2) is 0 Å². The van der Waals surface area contributed by atoms with Gasteiger partial charge >= 0.3 is 0 Å². The fraction of sp³-hybridized carbons (Fsp3) is 0.286. The zero-order valence-corrected chi connectivity index (χ0v) is 19.5. The smallest absolute Gasteiger partial charge is 0.268 e. The summed E-state index contributed by atoms with van der Waals surface area (Å²) in [5.41, 5.74) is 3.00. The Morgan fingerprint density at radius 3 is 2.71 bits per heavy atom. The van der Waals surface area contributed by atoms with Gasteiger partial charge in [0.25, 0.3) is 11.5 Å². The van der Waals surface area contributed by atoms with Crippen molar-refractivity contribution in [1.82, 2.24) is 4.57 Å². The molecule has 0 saturated heterocycles. The van der Waals surface area contributed by atoms with E-state index in [0.29, 0.717) is 17.9 Å². The number of amides is 1. The van der Waals surface area contributed by atoms with E-state index in [0.717, 1.165) is 42.5 Å². The minimum Gasteiger partial charge on any atom is -0.483 e. The van der Waals surface area contributed by atoms with Crippen molar-refractivity contribution in [3.63, 3.8) is 0 Å². The highest BCUT2D eigenvalue weighted by molar-refractivity contribution is 6.11. The van der Waals surface area contributed by atoms with E-state index >= 15 is 0 Å². The van der Waals surface area contributed by atoms with Gasteiger partial charge in [-0.15, -0.1) is 0 Å². The van der Waals surface area contributed by atoms with E-state index in [-0.39, 0.29) is 41.0 Å². The molecule has 1 saturated carbocycles. The molecule has 2 aromatic carbocycles. The summed E-state index contributed by atoms with van der Waals surface area (Å²) in [6.45, 7) is 2.28. The third-order valence-corrected chi connectivity index (χ3v) is 6.51. The molecule has 0 bridgehead atoms. The standard InChI is InChI=1S/C28H25N3O4/c1-18-8-11-25(35-17-26(32)30-12-4-6-19-5-2-3-7-24(19)30)23(13-18)27(33)21-14-20(15-29)28(34)31(16-21)22-9-10-22/h2-3,5,7-8,11,13-14,16,22H,4,6,9-10,12,17H2,1H3. The molecule has 3 aromatic rings. The number of rotatable bonds is 6. The molecule has 35 heavy (non-hydrogen) atoms. The Bertz CT molecular complexity index is 1430. The fourth-order valence-electron chi connectivity index (χ4n) is 4.54. The minimum atomic E-state index is -0.375. The molecular formula is C28H25N3O4. The van der Waals surface area contributed by atoms with Crippen LogP contribution in [0.3, 0.4) is 0 Å². The maximum Gasteiger partial charge on any atom is 0.268 e. The Morgan fingerprint density at radius 1 is 1.14 bits per heavy atom. The number of ether oxygens (including phenoxy) is 1. The molecule has 7 heteroatoms. The Morgan fingerprint density at radius 2 is 1.94 bits per heavy atom. The number of hydrogen-bond donors (Lipinski definition) is 0. The van der Waals surface area contributed by atoms with Gasteiger partial charge in [-0.2, -0.15) is 5.26 Å². The van der Waals surface area contributed by atoms with E-state index in [1.165, 1.54) is 16.8 Å². The number of nitriles is 1. The van der Waals surface area contributed by atoms with Crippen LogP contribution in [-0.2, 0) is 11.2 Å². The van der Waals surface area contributed by atoms with Crippen molar-refractivity contribution in [2.24, 2.45) is 0 Å². The maximum atomic E-state index is 13.5. The molecule has 0 unspecified atom stereocenters. The third-order valence-electron chi connectivity index (χ3n) is 6.51. The first-order valence-corrected chi connectivity index (χ1v) is 11.8. The van der Waals surface area contributed by atoms with Crippen molar-refractivity contribution in [1.29, 1.82) is 5.26 Å². The Labute approximate surface area is 203 Å². The van der Waals surface area contributed by atoms with E-state index in [2.05, 4.69) is 0 Å². The molecule has 0 radical (unpaired) electrons. The van der Waals surface area contributed by atoms with Crippen LogP contribution in [-0.4, -0.2) is 29.4 Å². The van der Waals surface area contributed by atoms with Gasteiger partial charge in [0.15, 0.2) is 12.4 Å². The van der Waals surface area contributed by atoms with Gasteiger partial charge in [0.05, 0.1) is 5.56 Å².